The molecule has 12 rings (SSSR count). The first-order valence-electron chi connectivity index (χ1n) is 23.1. The number of carbonyl (C=O) groups is 2. The zero-order chi connectivity index (χ0) is 46.8. The number of hydrogen-bond donors (Lipinski definition) is 5. The molecular formula is C49H58F2N10O5S2. The number of aryl methyl sites for hydroxylation is 2. The molecule has 6 N–H and O–H groups in total. The molecule has 19 heteroatoms. The quantitative estimate of drug-likeness (QED) is 0.103. The Morgan fingerprint density at radius 2 is 1.13 bits per heavy atom. The van der Waals surface area contributed by atoms with E-state index in [1.165, 1.54) is 35.5 Å². The maximum atomic E-state index is 13.5. The van der Waals surface area contributed by atoms with Crippen molar-refractivity contribution in [2.75, 3.05) is 36.0 Å². The molecule has 1 amide bonds. The Balaban J connectivity index is 0.000000140. The molecular weight excluding hydrogens is 911 g/mol. The van der Waals surface area contributed by atoms with E-state index < -0.39 is 18.3 Å². The lowest BCUT2D eigenvalue weighted by molar-refractivity contribution is -0.0197. The summed E-state index contributed by atoms with van der Waals surface area (Å²) in [6, 6.07) is 15.9. The summed E-state index contributed by atoms with van der Waals surface area (Å²) in [4.78, 5) is 61.2. The molecule has 4 aliphatic carbocycles. The van der Waals surface area contributed by atoms with Crippen LogP contribution in [-0.4, -0.2) is 98.0 Å². The number of anilines is 2. The minimum absolute atomic E-state index is 0. The predicted molar refractivity (Wildman–Crippen MR) is 262 cm³/mol. The molecule has 0 bridgehead atoms. The topological polar surface area (TPSA) is 216 Å². The smallest absolute Gasteiger partial charge is 0.355 e. The first-order chi connectivity index (χ1) is 32.1. The van der Waals surface area contributed by atoms with E-state index in [1.807, 2.05) is 60.4 Å². The number of alkyl halides is 2. The van der Waals surface area contributed by atoms with Crippen molar-refractivity contribution in [3.63, 3.8) is 0 Å². The lowest BCUT2D eigenvalue weighted by Crippen LogP contribution is -2.55. The third-order valence-electron chi connectivity index (χ3n) is 14.8. The largest absolute Gasteiger partial charge is 0.476 e. The summed E-state index contributed by atoms with van der Waals surface area (Å²) in [5.41, 5.74) is 8.98. The highest BCUT2D eigenvalue weighted by molar-refractivity contribution is 7.16. The number of nitrogens with one attached hydrogen (secondary N) is 3. The van der Waals surface area contributed by atoms with Crippen LogP contribution in [0.4, 0.5) is 19.0 Å². The summed E-state index contributed by atoms with van der Waals surface area (Å²) >= 11 is 2.77. The van der Waals surface area contributed by atoms with Gasteiger partial charge >= 0.3 is 5.97 Å². The number of fused-ring (bicyclic) bond motifs is 2. The fourth-order valence-electron chi connectivity index (χ4n) is 11.5. The van der Waals surface area contributed by atoms with Crippen LogP contribution in [0.25, 0.3) is 21.5 Å². The van der Waals surface area contributed by atoms with E-state index in [4.69, 9.17) is 10.8 Å². The van der Waals surface area contributed by atoms with Crippen molar-refractivity contribution in [1.29, 1.82) is 0 Å². The zero-order valence-electron chi connectivity index (χ0n) is 37.4. The van der Waals surface area contributed by atoms with Gasteiger partial charge in [-0.2, -0.15) is 10.2 Å². The number of nitrogens with zero attached hydrogens (tertiary/aromatic N) is 6. The molecule has 2 saturated heterocycles. The lowest BCUT2D eigenvalue weighted by atomic mass is 9.49. The number of halogens is 2. The van der Waals surface area contributed by atoms with Crippen LogP contribution in [0, 0.1) is 24.7 Å². The van der Waals surface area contributed by atoms with E-state index in [1.54, 1.807) is 11.8 Å². The molecule has 6 fully saturated rings. The first-order valence-corrected chi connectivity index (χ1v) is 24.8. The number of aromatic amines is 2. The normalized spacial score (nSPS) is 27.8. The maximum Gasteiger partial charge on any atom is 0.355 e. The number of H-pyrrole nitrogens is 2. The minimum Gasteiger partial charge on any atom is -0.476 e. The molecule has 0 radical (unpaired) electrons. The van der Waals surface area contributed by atoms with Crippen molar-refractivity contribution in [2.24, 2.45) is 16.6 Å². The van der Waals surface area contributed by atoms with Crippen LogP contribution in [-0.2, 0) is 0 Å². The highest BCUT2D eigenvalue weighted by Gasteiger charge is 2.55. The Morgan fingerprint density at radius 1 is 0.706 bits per heavy atom. The van der Waals surface area contributed by atoms with Crippen molar-refractivity contribution in [3.8, 4) is 0 Å². The van der Waals surface area contributed by atoms with Crippen molar-refractivity contribution < 1.29 is 23.5 Å². The summed E-state index contributed by atoms with van der Waals surface area (Å²) in [7, 11) is 0. The molecule has 360 valence electrons. The molecule has 6 aliphatic rings. The van der Waals surface area contributed by atoms with Crippen LogP contribution >= 0.6 is 22.7 Å². The van der Waals surface area contributed by atoms with Crippen molar-refractivity contribution in [1.82, 2.24) is 35.7 Å². The molecule has 6 aromatic rings. The van der Waals surface area contributed by atoms with Crippen LogP contribution in [0.1, 0.15) is 126 Å². The third kappa shape index (κ3) is 9.16. The number of aromatic carboxylic acids is 1. The number of benzene rings is 2. The predicted octanol–water partition coefficient (Wildman–Crippen LogP) is 7.93. The van der Waals surface area contributed by atoms with Crippen LogP contribution in [0.3, 0.4) is 0 Å². The Hall–Kier alpha value is -5.66. The van der Waals surface area contributed by atoms with Gasteiger partial charge in [0, 0.05) is 57.5 Å². The van der Waals surface area contributed by atoms with E-state index in [0.29, 0.717) is 83.4 Å². The van der Waals surface area contributed by atoms with Gasteiger partial charge in [-0.1, -0.05) is 43.8 Å². The molecule has 2 aromatic carbocycles. The summed E-state index contributed by atoms with van der Waals surface area (Å²) in [6.07, 6.45) is 8.03. The maximum absolute atomic E-state index is 13.5. The highest BCUT2D eigenvalue weighted by Crippen LogP contribution is 2.63. The van der Waals surface area contributed by atoms with Gasteiger partial charge in [0.05, 0.1) is 35.2 Å². The fourth-order valence-corrected chi connectivity index (χ4v) is 13.4. The van der Waals surface area contributed by atoms with E-state index >= 15 is 0 Å². The number of carboxylic acid groups (broad SMARTS) is 1. The second kappa shape index (κ2) is 18.7. The van der Waals surface area contributed by atoms with Crippen molar-refractivity contribution >= 4 is 66.4 Å². The van der Waals surface area contributed by atoms with Crippen LogP contribution < -0.4 is 32.0 Å². The average molecular weight is 969 g/mol. The zero-order valence-corrected chi connectivity index (χ0v) is 39.0. The Morgan fingerprint density at radius 3 is 1.54 bits per heavy atom. The number of hydrogen-bond acceptors (Lipinski definition) is 13. The molecule has 2 spiro atoms. The van der Waals surface area contributed by atoms with Gasteiger partial charge in [0.25, 0.3) is 17.0 Å². The van der Waals surface area contributed by atoms with Crippen LogP contribution in [0.15, 0.2) is 58.1 Å². The molecule has 4 saturated carbocycles. The van der Waals surface area contributed by atoms with Crippen molar-refractivity contribution in [2.45, 2.75) is 122 Å². The number of carbonyl (C=O) groups excluding carboxylic acids is 1. The van der Waals surface area contributed by atoms with Gasteiger partial charge in [-0.25, -0.2) is 33.7 Å². The van der Waals surface area contributed by atoms with Crippen molar-refractivity contribution in [3.05, 3.63) is 102 Å². The van der Waals surface area contributed by atoms with Gasteiger partial charge in [-0.15, -0.1) is 22.7 Å². The molecule has 0 unspecified atom stereocenters. The Bertz CT molecular complexity index is 2960. The van der Waals surface area contributed by atoms with Gasteiger partial charge in [0.15, 0.2) is 16.0 Å². The number of rotatable bonds is 7. The Labute approximate surface area is 400 Å². The van der Waals surface area contributed by atoms with E-state index in [0.717, 1.165) is 76.1 Å². The van der Waals surface area contributed by atoms with Gasteiger partial charge in [0.1, 0.15) is 18.0 Å². The van der Waals surface area contributed by atoms with E-state index in [2.05, 4.69) is 35.7 Å². The molecule has 2 aliphatic heterocycles. The number of nitrogens with two attached hydrogens (primary N) is 1. The number of aromatic nitrogens is 6. The second-order valence-electron chi connectivity index (χ2n) is 19.7. The molecule has 6 heterocycles. The Kier molecular flexibility index (Phi) is 13.0. The molecule has 68 heavy (non-hydrogen) atoms. The monoisotopic (exact) mass is 968 g/mol. The molecule has 2 atom stereocenters. The van der Waals surface area contributed by atoms with Crippen LogP contribution in [0.5, 0.6) is 0 Å². The minimum atomic E-state index is -1.02. The van der Waals surface area contributed by atoms with Gasteiger partial charge in [0.2, 0.25) is 0 Å². The fraction of sp³-hybridized carbons (Fsp3) is 0.510. The second-order valence-corrected chi connectivity index (χ2v) is 22.1. The summed E-state index contributed by atoms with van der Waals surface area (Å²) < 4.78 is 26.5. The standard InChI is InChI=1S/C24H26FN5O2S.C15H17N3O.C9H11FN2O2S.CH4/c1-13-19(27-23(33-13)30-7-6-15(25)12-30)22(32)26-16-10-24(11-16)8-14(9-24)20-17-4-2-3-5-18(17)21(31)29-28-20;16-10-7-15(8-10)5-9(6-15)13-11-3-1-2-4-12(11)14(19)18-17-13;1-5-7(8(13)14)11-9(15-5)12-3-2-6(10)4-12;/h2-5,14-16H,6-12H2,1H3,(H,26,32)(H,29,31);1-4,9-10H,5-8,16H2,(H,18,19);6H,2-4H2,1H3,(H,13,14);1H4/t14?,15-,16?,24?;;6-;/m1.1./s1. The lowest BCUT2D eigenvalue weighted by Gasteiger charge is -2.57. The third-order valence-corrected chi connectivity index (χ3v) is 16.9. The van der Waals surface area contributed by atoms with Gasteiger partial charge in [-0.3, -0.25) is 14.4 Å². The van der Waals surface area contributed by atoms with Gasteiger partial charge in [-0.05, 0) is 101 Å². The average Bonchev–Trinajstić information content (AvgIpc) is 4.08. The summed E-state index contributed by atoms with van der Waals surface area (Å²) in [6.45, 7) is 5.58. The summed E-state index contributed by atoms with van der Waals surface area (Å²) in [5, 5.41) is 30.7. The van der Waals surface area contributed by atoms with Crippen LogP contribution in [0.2, 0.25) is 0 Å². The SMILES string of the molecule is C.Cc1sc(N2CC[C@@H](F)C2)nc1C(=O)NC1CC2(C1)CC(c1n[nH]c(=O)c3ccccc13)C2.Cc1sc(N2CC[C@@H](F)C2)nc1C(=O)O.NC1CC2(C1)CC(c1n[nH]c(=O)c3ccccc13)C2. The summed E-state index contributed by atoms with van der Waals surface area (Å²) in [5.74, 6) is -0.332. The number of carboxylic acids is 1. The number of thiazole rings is 2. The highest BCUT2D eigenvalue weighted by atomic mass is 32.1. The first kappa shape index (κ1) is 47.4. The van der Waals surface area contributed by atoms with E-state index in [9.17, 15) is 28.0 Å². The molecule has 4 aromatic heterocycles. The van der Waals surface area contributed by atoms with E-state index in [-0.39, 0.29) is 41.6 Å². The molecule has 15 nitrogen and oxygen atoms in total. The number of amides is 1. The van der Waals surface area contributed by atoms with Gasteiger partial charge < -0.3 is 26.0 Å².